The summed E-state index contributed by atoms with van der Waals surface area (Å²) >= 11 is 0. The number of likely N-dealkylation sites (tertiary alicyclic amines) is 1. The third-order valence-corrected chi connectivity index (χ3v) is 6.34. The molecule has 2 aliphatic heterocycles. The van der Waals surface area contributed by atoms with E-state index in [9.17, 15) is 14.7 Å². The molecule has 2 saturated heterocycles. The first-order valence-corrected chi connectivity index (χ1v) is 9.82. The van der Waals surface area contributed by atoms with Crippen molar-refractivity contribution in [3.63, 3.8) is 0 Å². The van der Waals surface area contributed by atoms with E-state index in [1.54, 1.807) is 13.8 Å². The number of aliphatic hydroxyl groups is 1. The summed E-state index contributed by atoms with van der Waals surface area (Å²) in [6, 6.07) is 8.18. The Balaban J connectivity index is 1.32. The third kappa shape index (κ3) is 3.55. The van der Waals surface area contributed by atoms with Crippen molar-refractivity contribution in [2.45, 2.75) is 56.6 Å². The number of amides is 2. The Morgan fingerprint density at radius 2 is 2.00 bits per heavy atom. The van der Waals surface area contributed by atoms with Gasteiger partial charge in [-0.3, -0.25) is 4.79 Å². The number of hydrogen-bond acceptors (Lipinski definition) is 4. The van der Waals surface area contributed by atoms with Crippen LogP contribution in [0.3, 0.4) is 0 Å². The van der Waals surface area contributed by atoms with Crippen molar-refractivity contribution in [2.75, 3.05) is 19.7 Å². The van der Waals surface area contributed by atoms with Gasteiger partial charge in [0, 0.05) is 19.0 Å². The number of ether oxygens (including phenoxy) is 1. The van der Waals surface area contributed by atoms with Gasteiger partial charge in [-0.15, -0.1) is 0 Å². The van der Waals surface area contributed by atoms with E-state index in [0.717, 1.165) is 31.5 Å². The maximum atomic E-state index is 12.8. The van der Waals surface area contributed by atoms with Crippen LogP contribution in [0.15, 0.2) is 24.3 Å². The molecule has 1 spiro atoms. The lowest BCUT2D eigenvalue weighted by Crippen LogP contribution is -2.58. The van der Waals surface area contributed by atoms with Gasteiger partial charge in [0.15, 0.2) is 0 Å². The highest BCUT2D eigenvalue weighted by atomic mass is 16.6. The number of carbonyl (C=O) groups is 2. The van der Waals surface area contributed by atoms with Crippen LogP contribution in [-0.2, 0) is 15.1 Å². The summed E-state index contributed by atoms with van der Waals surface area (Å²) in [5, 5.41) is 13.1. The molecule has 3 fully saturated rings. The number of hydrogen-bond donors (Lipinski definition) is 2. The molecule has 0 unspecified atom stereocenters. The van der Waals surface area contributed by atoms with Crippen LogP contribution in [0.4, 0.5) is 4.79 Å². The van der Waals surface area contributed by atoms with E-state index >= 15 is 0 Å². The lowest BCUT2D eigenvalue weighted by atomic mass is 9.68. The number of nitrogens with zero attached hydrogens (tertiary/aromatic N) is 1. The fourth-order valence-corrected chi connectivity index (χ4v) is 4.64. The average Bonchev–Trinajstić information content (AvgIpc) is 3.02. The smallest absolute Gasteiger partial charge is 0.407 e. The van der Waals surface area contributed by atoms with E-state index in [1.807, 2.05) is 17.0 Å². The number of benzene rings is 1. The van der Waals surface area contributed by atoms with Crippen LogP contribution >= 0.6 is 0 Å². The maximum absolute atomic E-state index is 12.8. The van der Waals surface area contributed by atoms with E-state index < -0.39 is 5.60 Å². The molecule has 2 heterocycles. The van der Waals surface area contributed by atoms with E-state index in [-0.39, 0.29) is 23.5 Å². The van der Waals surface area contributed by atoms with E-state index in [4.69, 9.17) is 4.74 Å². The molecule has 4 rings (SSSR count). The van der Waals surface area contributed by atoms with Crippen molar-refractivity contribution in [3.05, 3.63) is 35.4 Å². The topological polar surface area (TPSA) is 78.9 Å². The molecule has 6 nitrogen and oxygen atoms in total. The minimum atomic E-state index is -0.841. The van der Waals surface area contributed by atoms with Crippen molar-refractivity contribution in [3.8, 4) is 0 Å². The molecule has 2 N–H and O–H groups in total. The number of rotatable bonds is 3. The first-order valence-electron chi connectivity index (χ1n) is 9.82. The Bertz CT molecular complexity index is 741. The predicted octanol–water partition coefficient (Wildman–Crippen LogP) is 2.51. The van der Waals surface area contributed by atoms with Gasteiger partial charge in [-0.05, 0) is 56.6 Å². The second kappa shape index (κ2) is 6.51. The number of cyclic esters (lactones) is 1. The largest absolute Gasteiger partial charge is 0.447 e. The van der Waals surface area contributed by atoms with Crippen LogP contribution in [0.5, 0.6) is 0 Å². The molecular weight excluding hydrogens is 344 g/mol. The Morgan fingerprint density at radius 3 is 2.59 bits per heavy atom. The van der Waals surface area contributed by atoms with Gasteiger partial charge in [0.1, 0.15) is 6.61 Å². The highest BCUT2D eigenvalue weighted by Gasteiger charge is 2.53. The predicted molar refractivity (Wildman–Crippen MR) is 100 cm³/mol. The molecule has 146 valence electrons. The number of nitrogens with one attached hydrogen (secondary N) is 1. The molecule has 1 aromatic carbocycles. The monoisotopic (exact) mass is 372 g/mol. The van der Waals surface area contributed by atoms with Crippen LogP contribution in [-0.4, -0.2) is 47.2 Å². The van der Waals surface area contributed by atoms with Gasteiger partial charge in [-0.2, -0.15) is 0 Å². The zero-order valence-corrected chi connectivity index (χ0v) is 16.0. The van der Waals surface area contributed by atoms with Crippen LogP contribution in [0.1, 0.15) is 56.6 Å². The minimum Gasteiger partial charge on any atom is -0.447 e. The quantitative estimate of drug-likeness (QED) is 0.855. The average molecular weight is 372 g/mol. The minimum absolute atomic E-state index is 0.00191. The Labute approximate surface area is 159 Å². The van der Waals surface area contributed by atoms with Crippen LogP contribution in [0.2, 0.25) is 0 Å². The third-order valence-electron chi connectivity index (χ3n) is 6.34. The van der Waals surface area contributed by atoms with E-state index in [1.165, 1.54) is 5.56 Å². The molecule has 0 bridgehead atoms. The van der Waals surface area contributed by atoms with Gasteiger partial charge >= 0.3 is 6.09 Å². The van der Waals surface area contributed by atoms with Crippen LogP contribution in [0.25, 0.3) is 0 Å². The molecule has 2 amide bonds. The number of alkyl carbamates (subject to hydrolysis) is 1. The second-order valence-corrected chi connectivity index (χ2v) is 8.87. The first kappa shape index (κ1) is 18.3. The summed E-state index contributed by atoms with van der Waals surface area (Å²) in [7, 11) is 0. The number of carbonyl (C=O) groups excluding carboxylic acids is 2. The molecule has 3 aliphatic rings. The number of piperidine rings is 1. The van der Waals surface area contributed by atoms with Crippen LogP contribution < -0.4 is 5.32 Å². The molecule has 0 atom stereocenters. The molecule has 1 aromatic rings. The van der Waals surface area contributed by atoms with Gasteiger partial charge in [0.25, 0.3) is 0 Å². The Morgan fingerprint density at radius 1 is 1.30 bits per heavy atom. The van der Waals surface area contributed by atoms with E-state index in [0.29, 0.717) is 25.4 Å². The van der Waals surface area contributed by atoms with Gasteiger partial charge in [0.05, 0.1) is 11.1 Å². The first-order chi connectivity index (χ1) is 12.8. The molecule has 0 radical (unpaired) electrons. The maximum Gasteiger partial charge on any atom is 0.407 e. The summed E-state index contributed by atoms with van der Waals surface area (Å²) in [5.41, 5.74) is 1.04. The van der Waals surface area contributed by atoms with Crippen molar-refractivity contribution in [1.29, 1.82) is 0 Å². The Kier molecular flexibility index (Phi) is 4.41. The zero-order chi connectivity index (χ0) is 19.2. The molecular formula is C21H28N2O4. The van der Waals surface area contributed by atoms with Crippen molar-refractivity contribution in [2.24, 2.45) is 5.92 Å². The normalized spacial score (nSPS) is 28.6. The molecule has 1 saturated carbocycles. The fourth-order valence-electron chi connectivity index (χ4n) is 4.64. The highest BCUT2D eigenvalue weighted by Crippen LogP contribution is 2.42. The van der Waals surface area contributed by atoms with Gasteiger partial charge in [-0.1, -0.05) is 24.3 Å². The van der Waals surface area contributed by atoms with Crippen molar-refractivity contribution < 1.29 is 19.4 Å². The Hall–Kier alpha value is -2.08. The zero-order valence-electron chi connectivity index (χ0n) is 16.0. The van der Waals surface area contributed by atoms with Gasteiger partial charge in [-0.25, -0.2) is 4.79 Å². The van der Waals surface area contributed by atoms with E-state index in [2.05, 4.69) is 17.4 Å². The van der Waals surface area contributed by atoms with Crippen molar-refractivity contribution >= 4 is 12.0 Å². The van der Waals surface area contributed by atoms with Crippen LogP contribution in [0, 0.1) is 5.92 Å². The lowest BCUT2D eigenvalue weighted by Gasteiger charge is -2.45. The summed E-state index contributed by atoms with van der Waals surface area (Å²) < 4.78 is 4.99. The molecule has 6 heteroatoms. The van der Waals surface area contributed by atoms with Gasteiger partial charge in [0.2, 0.25) is 5.91 Å². The lowest BCUT2D eigenvalue weighted by molar-refractivity contribution is -0.142. The second-order valence-electron chi connectivity index (χ2n) is 8.87. The highest BCUT2D eigenvalue weighted by molar-refractivity contribution is 5.81. The summed E-state index contributed by atoms with van der Waals surface area (Å²) in [4.78, 5) is 26.0. The molecule has 0 aromatic heterocycles. The van der Waals surface area contributed by atoms with Crippen molar-refractivity contribution in [1.82, 2.24) is 10.2 Å². The summed E-state index contributed by atoms with van der Waals surface area (Å²) in [6.45, 7) is 5.52. The molecule has 27 heavy (non-hydrogen) atoms. The fraction of sp³-hybridized carbons (Fsp3) is 0.619. The van der Waals surface area contributed by atoms with Gasteiger partial charge < -0.3 is 20.1 Å². The summed E-state index contributed by atoms with van der Waals surface area (Å²) in [6.07, 6.45) is 2.89. The summed E-state index contributed by atoms with van der Waals surface area (Å²) in [5.74, 6) is 0.638. The molecule has 1 aliphatic carbocycles. The standard InChI is InChI=1S/C21H28N2O4/c1-20(2,26)17-5-3-4-15(10-17)14-6-8-23(9-7-14)18(24)16-11-21(12-16)13-27-19(25)22-21/h3-5,10,14,16,26H,6-9,11-13H2,1-2H3,(H,22,25). The SMILES string of the molecule is CC(C)(O)c1cccc(C2CCN(C(=O)C3CC4(COC(=O)N4)C3)CC2)c1.